The van der Waals surface area contributed by atoms with E-state index in [1.165, 1.54) is 16.4 Å². The molecule has 0 spiro atoms. The van der Waals surface area contributed by atoms with Crippen molar-refractivity contribution in [3.63, 3.8) is 0 Å². The molecule has 0 unspecified atom stereocenters. The minimum absolute atomic E-state index is 0.485. The van der Waals surface area contributed by atoms with Crippen LogP contribution < -0.4 is 5.32 Å². The van der Waals surface area contributed by atoms with Crippen LogP contribution in [0.2, 0.25) is 0 Å². The van der Waals surface area contributed by atoms with E-state index in [2.05, 4.69) is 58.1 Å². The van der Waals surface area contributed by atoms with Crippen LogP contribution in [0.3, 0.4) is 0 Å². The maximum atomic E-state index is 4.25. The van der Waals surface area contributed by atoms with Gasteiger partial charge in [-0.15, -0.1) is 16.4 Å². The van der Waals surface area contributed by atoms with Crippen LogP contribution >= 0.6 is 22.9 Å². The molecule has 2 aromatic heterocycles. The zero-order valence-electron chi connectivity index (χ0n) is 11.6. The van der Waals surface area contributed by atoms with Crippen LogP contribution in [0.1, 0.15) is 31.3 Å². The molecular weight excluding hydrogens is 276 g/mol. The Morgan fingerprint density at radius 3 is 2.84 bits per heavy atom. The van der Waals surface area contributed by atoms with Crippen molar-refractivity contribution < 1.29 is 0 Å². The number of nitrogens with zero attached hydrogens (tertiary/aromatic N) is 3. The van der Waals surface area contributed by atoms with Crippen molar-refractivity contribution >= 4 is 27.9 Å². The highest BCUT2D eigenvalue weighted by molar-refractivity contribution is 7.10. The molecule has 0 saturated carbocycles. The number of rotatable bonds is 7. The Balaban J connectivity index is 2.05. The number of hydrogen-bond acceptors (Lipinski definition) is 6. The number of anilines is 1. The summed E-state index contributed by atoms with van der Waals surface area (Å²) in [5.74, 6) is 0. The van der Waals surface area contributed by atoms with Gasteiger partial charge in [0.2, 0.25) is 0 Å². The van der Waals surface area contributed by atoms with Gasteiger partial charge in [0.15, 0.2) is 0 Å². The fourth-order valence-corrected chi connectivity index (χ4v) is 3.19. The molecule has 2 heterocycles. The molecular formula is C13H20N4S2. The first-order valence-electron chi connectivity index (χ1n) is 6.52. The highest BCUT2D eigenvalue weighted by Gasteiger charge is 2.16. The van der Waals surface area contributed by atoms with E-state index in [4.69, 9.17) is 0 Å². The molecule has 2 aromatic rings. The molecule has 1 N–H and O–H groups in total. The maximum absolute atomic E-state index is 4.25. The average molecular weight is 296 g/mol. The molecule has 0 saturated heterocycles. The van der Waals surface area contributed by atoms with Crippen molar-refractivity contribution in [2.24, 2.45) is 0 Å². The van der Waals surface area contributed by atoms with Gasteiger partial charge in [-0.2, -0.15) is 0 Å². The molecule has 19 heavy (non-hydrogen) atoms. The minimum Gasteiger partial charge on any atom is -0.374 e. The van der Waals surface area contributed by atoms with Crippen LogP contribution in [0.4, 0.5) is 5.00 Å². The molecule has 4 nitrogen and oxygen atoms in total. The molecule has 6 heteroatoms. The van der Waals surface area contributed by atoms with Crippen molar-refractivity contribution in [2.75, 3.05) is 11.9 Å². The molecule has 0 aliphatic heterocycles. The Bertz CT molecular complexity index is 479. The fraction of sp³-hybridized carbons (Fsp3) is 0.538. The first kappa shape index (κ1) is 14.4. The smallest absolute Gasteiger partial charge is 0.134 e. The third-order valence-electron chi connectivity index (χ3n) is 2.92. The van der Waals surface area contributed by atoms with Gasteiger partial charge in [-0.25, -0.2) is 0 Å². The van der Waals surface area contributed by atoms with Crippen molar-refractivity contribution in [1.82, 2.24) is 14.5 Å². The second-order valence-corrected chi connectivity index (χ2v) is 6.44. The lowest BCUT2D eigenvalue weighted by Crippen LogP contribution is -2.30. The normalized spacial score (nSPS) is 11.4. The lowest BCUT2D eigenvalue weighted by Gasteiger charge is -2.25. The topological polar surface area (TPSA) is 41.1 Å². The first-order valence-corrected chi connectivity index (χ1v) is 8.17. The molecule has 0 bridgehead atoms. The summed E-state index contributed by atoms with van der Waals surface area (Å²) in [6.45, 7) is 9.26. The zero-order chi connectivity index (χ0) is 13.7. The molecule has 0 radical (unpaired) electrons. The van der Waals surface area contributed by atoms with Crippen LogP contribution in [0.25, 0.3) is 0 Å². The van der Waals surface area contributed by atoms with Crippen LogP contribution in [-0.2, 0) is 13.1 Å². The predicted octanol–water partition coefficient (Wildman–Crippen LogP) is 3.44. The Morgan fingerprint density at radius 2 is 2.21 bits per heavy atom. The Labute approximate surface area is 122 Å². The van der Waals surface area contributed by atoms with E-state index >= 15 is 0 Å². The van der Waals surface area contributed by atoms with Gasteiger partial charge in [-0.3, -0.25) is 4.90 Å². The van der Waals surface area contributed by atoms with Crippen LogP contribution in [0.15, 0.2) is 17.5 Å². The van der Waals surface area contributed by atoms with Crippen molar-refractivity contribution in [3.8, 4) is 0 Å². The second kappa shape index (κ2) is 6.98. The summed E-state index contributed by atoms with van der Waals surface area (Å²) in [4.78, 5) is 3.81. The summed E-state index contributed by atoms with van der Waals surface area (Å²) in [6, 6.07) is 4.77. The molecule has 0 aliphatic rings. The lowest BCUT2D eigenvalue weighted by atomic mass is 10.2. The monoisotopic (exact) mass is 296 g/mol. The maximum Gasteiger partial charge on any atom is 0.134 e. The SMILES string of the molecule is CCNc1snnc1CN(Cc1cccs1)C(C)C. The highest BCUT2D eigenvalue weighted by Crippen LogP contribution is 2.22. The van der Waals surface area contributed by atoms with Gasteiger partial charge in [0.1, 0.15) is 10.7 Å². The van der Waals surface area contributed by atoms with Crippen molar-refractivity contribution in [2.45, 2.75) is 39.9 Å². The molecule has 0 aliphatic carbocycles. The largest absolute Gasteiger partial charge is 0.374 e. The summed E-state index contributed by atoms with van der Waals surface area (Å²) in [6.07, 6.45) is 0. The minimum atomic E-state index is 0.485. The quantitative estimate of drug-likeness (QED) is 0.850. The first-order chi connectivity index (χ1) is 9.20. The van der Waals surface area contributed by atoms with Gasteiger partial charge in [-0.05, 0) is 32.2 Å². The number of nitrogens with one attached hydrogen (secondary N) is 1. The second-order valence-electron chi connectivity index (χ2n) is 4.66. The Morgan fingerprint density at radius 1 is 1.37 bits per heavy atom. The molecule has 0 amide bonds. The molecule has 0 aromatic carbocycles. The van der Waals surface area contributed by atoms with Gasteiger partial charge in [-0.1, -0.05) is 10.6 Å². The van der Waals surface area contributed by atoms with E-state index in [1.807, 2.05) is 0 Å². The molecule has 2 rings (SSSR count). The number of thiophene rings is 1. The van der Waals surface area contributed by atoms with E-state index in [9.17, 15) is 0 Å². The number of hydrogen-bond donors (Lipinski definition) is 1. The third kappa shape index (κ3) is 3.99. The van der Waals surface area contributed by atoms with Crippen LogP contribution in [0.5, 0.6) is 0 Å². The Kier molecular flexibility index (Phi) is 5.30. The molecule has 0 atom stereocenters. The van der Waals surface area contributed by atoms with Crippen molar-refractivity contribution in [3.05, 3.63) is 28.1 Å². The molecule has 104 valence electrons. The summed E-state index contributed by atoms with van der Waals surface area (Å²) in [7, 11) is 0. The van der Waals surface area contributed by atoms with E-state index in [0.29, 0.717) is 6.04 Å². The average Bonchev–Trinajstić information content (AvgIpc) is 3.01. The number of aromatic nitrogens is 2. The highest BCUT2D eigenvalue weighted by atomic mass is 32.1. The van der Waals surface area contributed by atoms with E-state index in [1.54, 1.807) is 11.3 Å². The standard InChI is InChI=1S/C13H20N4S2/c1-4-14-13-12(15-16-19-13)9-17(10(2)3)8-11-6-5-7-18-11/h5-7,10,14H,4,8-9H2,1-3H3. The predicted molar refractivity (Wildman–Crippen MR) is 82.8 cm³/mol. The lowest BCUT2D eigenvalue weighted by molar-refractivity contribution is 0.203. The summed E-state index contributed by atoms with van der Waals surface area (Å²) >= 11 is 3.24. The van der Waals surface area contributed by atoms with E-state index < -0.39 is 0 Å². The summed E-state index contributed by atoms with van der Waals surface area (Å²) < 4.78 is 4.06. The van der Waals surface area contributed by atoms with Gasteiger partial charge < -0.3 is 5.32 Å². The summed E-state index contributed by atoms with van der Waals surface area (Å²) in [5, 5.41) is 10.8. The van der Waals surface area contributed by atoms with Gasteiger partial charge in [0.25, 0.3) is 0 Å². The van der Waals surface area contributed by atoms with Crippen LogP contribution in [0, 0.1) is 0 Å². The van der Waals surface area contributed by atoms with Gasteiger partial charge in [0, 0.05) is 42.1 Å². The molecule has 0 fully saturated rings. The Hall–Kier alpha value is -0.980. The van der Waals surface area contributed by atoms with Gasteiger partial charge in [0.05, 0.1) is 0 Å². The zero-order valence-corrected chi connectivity index (χ0v) is 13.2. The van der Waals surface area contributed by atoms with Gasteiger partial charge >= 0.3 is 0 Å². The summed E-state index contributed by atoms with van der Waals surface area (Å²) in [5.41, 5.74) is 1.05. The van der Waals surface area contributed by atoms with E-state index in [0.717, 1.165) is 30.3 Å². The fourth-order valence-electron chi connectivity index (χ4n) is 1.82. The van der Waals surface area contributed by atoms with Crippen molar-refractivity contribution in [1.29, 1.82) is 0 Å². The third-order valence-corrected chi connectivity index (χ3v) is 4.50. The van der Waals surface area contributed by atoms with Crippen LogP contribution in [-0.4, -0.2) is 27.1 Å². The van der Waals surface area contributed by atoms with E-state index in [-0.39, 0.29) is 0 Å².